The zero-order valence-corrected chi connectivity index (χ0v) is 19.5. The Kier molecular flexibility index (Phi) is 6.01. The van der Waals surface area contributed by atoms with E-state index in [2.05, 4.69) is 5.32 Å². The highest BCUT2D eigenvalue weighted by Gasteiger charge is 2.31. The molecule has 0 aromatic heterocycles. The molecule has 0 fully saturated rings. The highest BCUT2D eigenvalue weighted by molar-refractivity contribution is 7.89. The first-order valence-corrected chi connectivity index (χ1v) is 11.7. The van der Waals surface area contributed by atoms with Crippen LogP contribution in [0.1, 0.15) is 22.8 Å². The predicted octanol–water partition coefficient (Wildman–Crippen LogP) is 4.79. The average molecular weight is 469 g/mol. The second-order valence-electron chi connectivity index (χ2n) is 7.52. The number of amides is 1. The summed E-state index contributed by atoms with van der Waals surface area (Å²) in [6, 6.07) is 15.0. The number of para-hydroxylation sites is 2. The van der Waals surface area contributed by atoms with E-state index in [1.54, 1.807) is 43.3 Å². The van der Waals surface area contributed by atoms with E-state index >= 15 is 0 Å². The number of aryl methyl sites for hydroxylation is 1. The van der Waals surface area contributed by atoms with Crippen molar-refractivity contribution in [2.24, 2.45) is 0 Å². The van der Waals surface area contributed by atoms with Gasteiger partial charge in [-0.3, -0.25) is 4.79 Å². The number of hydrogen-bond acceptors (Lipinski definition) is 6. The zero-order valence-electron chi connectivity index (χ0n) is 18.7. The number of carbonyl (C=O) groups excluding carboxylic acids is 1. The summed E-state index contributed by atoms with van der Waals surface area (Å²) in [6.07, 6.45) is 0. The number of anilines is 1. The van der Waals surface area contributed by atoms with Gasteiger partial charge in [0.25, 0.3) is 5.91 Å². The van der Waals surface area contributed by atoms with E-state index in [9.17, 15) is 13.2 Å². The third kappa shape index (κ3) is 4.24. The summed E-state index contributed by atoms with van der Waals surface area (Å²) < 4.78 is 45.2. The van der Waals surface area contributed by atoms with E-state index in [-0.39, 0.29) is 28.5 Å². The smallest absolute Gasteiger partial charge is 0.259 e. The second kappa shape index (κ2) is 8.76. The Morgan fingerprint density at radius 2 is 1.73 bits per heavy atom. The van der Waals surface area contributed by atoms with Crippen LogP contribution in [0.5, 0.6) is 28.7 Å². The van der Waals surface area contributed by atoms with Crippen LogP contribution in [0.4, 0.5) is 5.69 Å². The summed E-state index contributed by atoms with van der Waals surface area (Å²) in [4.78, 5) is 12.9. The fourth-order valence-electron chi connectivity index (χ4n) is 3.38. The molecule has 3 aromatic carbocycles. The molecule has 1 amide bonds. The summed E-state index contributed by atoms with van der Waals surface area (Å²) in [5.74, 6) is 0.912. The Labute approximate surface area is 192 Å². The number of sulfonamides is 1. The average Bonchev–Trinajstić information content (AvgIpc) is 2.93. The zero-order chi connectivity index (χ0) is 23.8. The molecule has 172 valence electrons. The number of benzene rings is 3. The van der Waals surface area contributed by atoms with Gasteiger partial charge in [-0.25, -0.2) is 12.7 Å². The maximum Gasteiger partial charge on any atom is 0.259 e. The molecule has 0 bridgehead atoms. The lowest BCUT2D eigenvalue weighted by Gasteiger charge is -2.20. The number of rotatable bonds is 6. The van der Waals surface area contributed by atoms with Crippen LogP contribution in [0.15, 0.2) is 59.5 Å². The number of fused-ring (bicyclic) bond motifs is 2. The highest BCUT2D eigenvalue weighted by atomic mass is 32.2. The fourth-order valence-corrected chi connectivity index (χ4v) is 4.68. The molecule has 1 aliphatic heterocycles. The number of carbonyl (C=O) groups is 1. The number of nitrogens with zero attached hydrogens (tertiary/aromatic N) is 1. The Morgan fingerprint density at radius 1 is 1.00 bits per heavy atom. The maximum atomic E-state index is 13.3. The van der Waals surface area contributed by atoms with Crippen molar-refractivity contribution in [1.29, 1.82) is 0 Å². The third-order valence-electron chi connectivity index (χ3n) is 5.32. The topological polar surface area (TPSA) is 94.2 Å². The third-order valence-corrected chi connectivity index (χ3v) is 7.27. The molecule has 9 heteroatoms. The molecule has 0 aliphatic carbocycles. The first-order valence-electron chi connectivity index (χ1n) is 10.3. The van der Waals surface area contributed by atoms with Gasteiger partial charge in [-0.1, -0.05) is 25.1 Å². The normalized spacial score (nSPS) is 12.8. The molecule has 0 saturated heterocycles. The van der Waals surface area contributed by atoms with Crippen molar-refractivity contribution in [3.05, 3.63) is 65.7 Å². The summed E-state index contributed by atoms with van der Waals surface area (Å²) >= 11 is 0. The largest absolute Gasteiger partial charge is 0.493 e. The molecule has 3 aromatic rings. The predicted molar refractivity (Wildman–Crippen MR) is 124 cm³/mol. The number of methoxy groups -OCH3 is 1. The SMILES string of the molecule is CCN(C)S(=O)(=O)c1cc2c(cc1Oc1ccccc1OC)Oc1ccc(C)cc1NC2=O. The Morgan fingerprint density at radius 3 is 2.42 bits per heavy atom. The van der Waals surface area contributed by atoms with Crippen molar-refractivity contribution in [2.75, 3.05) is 26.0 Å². The van der Waals surface area contributed by atoms with Crippen molar-refractivity contribution < 1.29 is 27.4 Å². The van der Waals surface area contributed by atoms with Crippen LogP contribution >= 0.6 is 0 Å². The molecular weight excluding hydrogens is 444 g/mol. The minimum absolute atomic E-state index is 0.0157. The van der Waals surface area contributed by atoms with E-state index in [0.29, 0.717) is 22.9 Å². The van der Waals surface area contributed by atoms with Crippen molar-refractivity contribution >= 4 is 21.6 Å². The molecule has 8 nitrogen and oxygen atoms in total. The molecular formula is C24H24N2O6S. The van der Waals surface area contributed by atoms with E-state index in [0.717, 1.165) is 5.56 Å². The maximum absolute atomic E-state index is 13.3. The highest BCUT2D eigenvalue weighted by Crippen LogP contribution is 2.43. The van der Waals surface area contributed by atoms with Crippen LogP contribution < -0.4 is 19.5 Å². The summed E-state index contributed by atoms with van der Waals surface area (Å²) in [5.41, 5.74) is 1.52. The van der Waals surface area contributed by atoms with Crippen molar-refractivity contribution in [3.8, 4) is 28.7 Å². The minimum atomic E-state index is -3.97. The quantitative estimate of drug-likeness (QED) is 0.559. The summed E-state index contributed by atoms with van der Waals surface area (Å²) in [5, 5.41) is 2.80. The Balaban J connectivity index is 1.91. The summed E-state index contributed by atoms with van der Waals surface area (Å²) in [7, 11) is -1.01. The van der Waals surface area contributed by atoms with Crippen LogP contribution in [-0.2, 0) is 10.0 Å². The molecule has 0 unspecified atom stereocenters. The second-order valence-corrected chi connectivity index (χ2v) is 9.54. The van der Waals surface area contributed by atoms with Gasteiger partial charge in [0.05, 0.1) is 18.4 Å². The van der Waals surface area contributed by atoms with Gasteiger partial charge in [0.15, 0.2) is 23.0 Å². The van der Waals surface area contributed by atoms with Gasteiger partial charge in [-0.05, 0) is 42.8 Å². The van der Waals surface area contributed by atoms with Crippen LogP contribution in [-0.4, -0.2) is 39.3 Å². The van der Waals surface area contributed by atoms with Crippen molar-refractivity contribution in [3.63, 3.8) is 0 Å². The van der Waals surface area contributed by atoms with E-state index in [1.165, 1.54) is 30.6 Å². The van der Waals surface area contributed by atoms with Crippen LogP contribution in [0.3, 0.4) is 0 Å². The monoisotopic (exact) mass is 468 g/mol. The lowest BCUT2D eigenvalue weighted by atomic mass is 10.1. The van der Waals surface area contributed by atoms with Crippen LogP contribution in [0.25, 0.3) is 0 Å². The van der Waals surface area contributed by atoms with Crippen LogP contribution in [0, 0.1) is 6.92 Å². The van der Waals surface area contributed by atoms with Gasteiger partial charge in [0, 0.05) is 19.7 Å². The first kappa shape index (κ1) is 22.6. The van der Waals surface area contributed by atoms with Gasteiger partial charge in [0.2, 0.25) is 10.0 Å². The van der Waals surface area contributed by atoms with Gasteiger partial charge < -0.3 is 19.5 Å². The Bertz CT molecular complexity index is 1340. The number of hydrogen-bond donors (Lipinski definition) is 1. The van der Waals surface area contributed by atoms with Gasteiger partial charge in [-0.2, -0.15) is 0 Å². The Hall–Kier alpha value is -3.56. The summed E-state index contributed by atoms with van der Waals surface area (Å²) in [6.45, 7) is 3.85. The standard InChI is InChI=1S/C24H24N2O6S/c1-5-26(3)33(28,29)23-13-16-21(14-22(23)32-20-9-7-6-8-19(20)30-4)31-18-11-10-15(2)12-17(18)25-24(16)27/h6-14H,5H2,1-4H3,(H,25,27). The van der Waals surface area contributed by atoms with E-state index in [1.807, 2.05) is 13.0 Å². The molecule has 33 heavy (non-hydrogen) atoms. The first-order chi connectivity index (χ1) is 15.7. The van der Waals surface area contributed by atoms with Gasteiger partial charge >= 0.3 is 0 Å². The molecule has 0 atom stereocenters. The van der Waals surface area contributed by atoms with E-state index in [4.69, 9.17) is 14.2 Å². The fraction of sp³-hybridized carbons (Fsp3) is 0.208. The van der Waals surface area contributed by atoms with Crippen molar-refractivity contribution in [1.82, 2.24) is 4.31 Å². The van der Waals surface area contributed by atoms with E-state index < -0.39 is 15.9 Å². The molecule has 0 saturated carbocycles. The molecule has 1 aliphatic rings. The molecule has 1 heterocycles. The van der Waals surface area contributed by atoms with Gasteiger partial charge in [0.1, 0.15) is 10.6 Å². The minimum Gasteiger partial charge on any atom is -0.493 e. The number of ether oxygens (including phenoxy) is 3. The van der Waals surface area contributed by atoms with Crippen LogP contribution in [0.2, 0.25) is 0 Å². The lowest BCUT2D eigenvalue weighted by Crippen LogP contribution is -2.27. The number of nitrogens with one attached hydrogen (secondary N) is 1. The molecule has 1 N–H and O–H groups in total. The molecule has 0 spiro atoms. The lowest BCUT2D eigenvalue weighted by molar-refractivity contribution is 0.102. The molecule has 0 radical (unpaired) electrons. The van der Waals surface area contributed by atoms with Crippen molar-refractivity contribution in [2.45, 2.75) is 18.7 Å². The van der Waals surface area contributed by atoms with Gasteiger partial charge in [-0.15, -0.1) is 0 Å². The molecule has 4 rings (SSSR count).